The molecule has 2 aliphatic rings. The molecule has 35 heavy (non-hydrogen) atoms. The number of alkyl halides is 2. The van der Waals surface area contributed by atoms with Crippen LogP contribution in [0.25, 0.3) is 0 Å². The van der Waals surface area contributed by atoms with E-state index in [-0.39, 0.29) is 49.2 Å². The highest BCUT2D eigenvalue weighted by Gasteiger charge is 2.43. The largest absolute Gasteiger partial charge is 0.497 e. The van der Waals surface area contributed by atoms with Gasteiger partial charge in [0.25, 0.3) is 5.91 Å². The van der Waals surface area contributed by atoms with Crippen molar-refractivity contribution in [1.82, 2.24) is 15.5 Å². The Morgan fingerprint density at radius 3 is 2.63 bits per heavy atom. The average Bonchev–Trinajstić information content (AvgIpc) is 3.17. The molecule has 1 saturated heterocycles. The molecule has 0 bridgehead atoms. The number of carbonyl (C=O) groups excluding carboxylic acids is 3. The van der Waals surface area contributed by atoms with Crippen LogP contribution < -0.4 is 20.1 Å². The molecule has 2 unspecified atom stereocenters. The lowest BCUT2D eigenvalue weighted by Crippen LogP contribution is -2.52. The number of aliphatic hydroxyl groups excluding tert-OH is 1. The van der Waals surface area contributed by atoms with Crippen molar-refractivity contribution in [2.45, 2.75) is 44.1 Å². The SMILES string of the molecule is COc1ccc(OC)c(C(F)(F)C(O)NCc2ccc3c(c2)CN(C2CCC(=O)NC2=O)C3=O)c1. The summed E-state index contributed by atoms with van der Waals surface area (Å²) in [5.74, 6) is -4.81. The number of rotatable bonds is 8. The first kappa shape index (κ1) is 24.6. The summed E-state index contributed by atoms with van der Waals surface area (Å²) in [6.45, 7) is 0.0525. The minimum Gasteiger partial charge on any atom is -0.497 e. The fourth-order valence-electron chi connectivity index (χ4n) is 4.30. The van der Waals surface area contributed by atoms with Crippen LogP contribution in [0.5, 0.6) is 11.5 Å². The third-order valence-electron chi connectivity index (χ3n) is 6.20. The number of hydrogen-bond acceptors (Lipinski definition) is 7. The zero-order chi connectivity index (χ0) is 25.3. The Kier molecular flexibility index (Phi) is 6.73. The van der Waals surface area contributed by atoms with Gasteiger partial charge in [-0.25, -0.2) is 0 Å². The molecule has 2 aromatic carbocycles. The van der Waals surface area contributed by atoms with E-state index >= 15 is 8.78 Å². The first-order valence-corrected chi connectivity index (χ1v) is 10.9. The number of hydrogen-bond donors (Lipinski definition) is 3. The number of carbonyl (C=O) groups is 3. The van der Waals surface area contributed by atoms with Gasteiger partial charge < -0.3 is 19.5 Å². The molecule has 186 valence electrons. The molecule has 1 fully saturated rings. The number of imide groups is 1. The number of halogens is 2. The van der Waals surface area contributed by atoms with Gasteiger partial charge in [0, 0.05) is 25.1 Å². The average molecular weight is 489 g/mol. The smallest absolute Gasteiger partial charge is 0.315 e. The second-order valence-electron chi connectivity index (χ2n) is 8.36. The van der Waals surface area contributed by atoms with Crippen molar-refractivity contribution in [3.63, 3.8) is 0 Å². The second-order valence-corrected chi connectivity index (χ2v) is 8.36. The van der Waals surface area contributed by atoms with Crippen molar-refractivity contribution in [3.8, 4) is 11.5 Å². The van der Waals surface area contributed by atoms with Crippen LogP contribution in [0.2, 0.25) is 0 Å². The summed E-state index contributed by atoms with van der Waals surface area (Å²) >= 11 is 0. The summed E-state index contributed by atoms with van der Waals surface area (Å²) < 4.78 is 40.1. The number of benzene rings is 2. The summed E-state index contributed by atoms with van der Waals surface area (Å²) in [5, 5.41) is 14.9. The molecule has 3 N–H and O–H groups in total. The van der Waals surface area contributed by atoms with Crippen molar-refractivity contribution < 1.29 is 37.7 Å². The highest BCUT2D eigenvalue weighted by molar-refractivity contribution is 6.05. The number of nitrogens with zero attached hydrogens (tertiary/aromatic N) is 1. The lowest BCUT2D eigenvalue weighted by Gasteiger charge is -2.29. The molecule has 2 aliphatic heterocycles. The third-order valence-corrected chi connectivity index (χ3v) is 6.20. The first-order valence-electron chi connectivity index (χ1n) is 10.9. The van der Waals surface area contributed by atoms with Crippen molar-refractivity contribution >= 4 is 17.7 Å². The molecule has 9 nitrogen and oxygen atoms in total. The van der Waals surface area contributed by atoms with Crippen molar-refractivity contribution in [2.24, 2.45) is 0 Å². The maximum Gasteiger partial charge on any atom is 0.315 e. The molecule has 2 heterocycles. The minimum atomic E-state index is -3.70. The number of fused-ring (bicyclic) bond motifs is 1. The van der Waals surface area contributed by atoms with Crippen LogP contribution in [0.4, 0.5) is 8.78 Å². The Morgan fingerprint density at radius 1 is 1.17 bits per heavy atom. The molecule has 2 aromatic rings. The van der Waals surface area contributed by atoms with E-state index in [9.17, 15) is 19.5 Å². The van der Waals surface area contributed by atoms with E-state index in [2.05, 4.69) is 10.6 Å². The Bertz CT molecular complexity index is 1170. The van der Waals surface area contributed by atoms with E-state index in [0.29, 0.717) is 16.7 Å². The molecule has 0 aromatic heterocycles. The van der Waals surface area contributed by atoms with Gasteiger partial charge in [0.1, 0.15) is 17.5 Å². The first-order chi connectivity index (χ1) is 16.6. The van der Waals surface area contributed by atoms with Crippen LogP contribution in [0.15, 0.2) is 36.4 Å². The van der Waals surface area contributed by atoms with Gasteiger partial charge in [-0.1, -0.05) is 12.1 Å². The maximum absolute atomic E-state index is 15.0. The van der Waals surface area contributed by atoms with Crippen molar-refractivity contribution in [2.75, 3.05) is 14.2 Å². The van der Waals surface area contributed by atoms with Gasteiger partial charge in [-0.15, -0.1) is 0 Å². The molecule has 0 saturated carbocycles. The van der Waals surface area contributed by atoms with Gasteiger partial charge in [0.2, 0.25) is 11.8 Å². The zero-order valence-corrected chi connectivity index (χ0v) is 19.1. The number of ether oxygens (including phenoxy) is 2. The van der Waals surface area contributed by atoms with Crippen LogP contribution in [-0.2, 0) is 28.6 Å². The van der Waals surface area contributed by atoms with Gasteiger partial charge in [-0.05, 0) is 41.8 Å². The molecule has 4 rings (SSSR count). The number of aliphatic hydroxyl groups is 1. The highest BCUT2D eigenvalue weighted by Crippen LogP contribution is 2.39. The lowest BCUT2D eigenvalue weighted by atomic mass is 10.0. The van der Waals surface area contributed by atoms with E-state index in [4.69, 9.17) is 9.47 Å². The van der Waals surface area contributed by atoms with Gasteiger partial charge in [0.15, 0.2) is 6.23 Å². The highest BCUT2D eigenvalue weighted by atomic mass is 19.3. The standard InChI is InChI=1S/C24H25F2N3O6/c1-34-15-4-7-19(35-2)17(10-15)24(25,26)23(33)27-11-13-3-5-16-14(9-13)12-29(22(16)32)18-6-8-20(30)28-21(18)31/h3-5,7,9-10,18,23,27,33H,6,8,11-12H2,1-2H3,(H,28,30,31). The fraction of sp³-hybridized carbons (Fsp3) is 0.375. The molecular weight excluding hydrogens is 464 g/mol. The van der Waals surface area contributed by atoms with Gasteiger partial charge in [0.05, 0.1) is 19.8 Å². The predicted molar refractivity (Wildman–Crippen MR) is 119 cm³/mol. The van der Waals surface area contributed by atoms with Crippen molar-refractivity contribution in [3.05, 3.63) is 58.7 Å². The van der Waals surface area contributed by atoms with Crippen molar-refractivity contribution in [1.29, 1.82) is 0 Å². The Balaban J connectivity index is 1.45. The van der Waals surface area contributed by atoms with E-state index in [1.807, 2.05) is 0 Å². The minimum absolute atomic E-state index is 0.0961. The molecule has 0 radical (unpaired) electrons. The lowest BCUT2D eigenvalue weighted by molar-refractivity contribution is -0.136. The van der Waals surface area contributed by atoms with E-state index in [1.54, 1.807) is 18.2 Å². The monoisotopic (exact) mass is 489 g/mol. The normalized spacial score (nSPS) is 18.8. The van der Waals surface area contributed by atoms with Gasteiger partial charge in [-0.2, -0.15) is 8.78 Å². The Morgan fingerprint density at radius 2 is 1.94 bits per heavy atom. The molecule has 0 spiro atoms. The zero-order valence-electron chi connectivity index (χ0n) is 19.1. The van der Waals surface area contributed by atoms with E-state index in [0.717, 1.165) is 6.07 Å². The molecular formula is C24H25F2N3O6. The van der Waals surface area contributed by atoms with Crippen LogP contribution in [0, 0.1) is 0 Å². The number of nitrogens with one attached hydrogen (secondary N) is 2. The van der Waals surface area contributed by atoms with Crippen LogP contribution >= 0.6 is 0 Å². The topological polar surface area (TPSA) is 117 Å². The number of amides is 3. The summed E-state index contributed by atoms with van der Waals surface area (Å²) in [5.41, 5.74) is 1.08. The number of piperidine rings is 1. The second kappa shape index (κ2) is 9.59. The molecule has 11 heteroatoms. The summed E-state index contributed by atoms with van der Waals surface area (Å²) in [6.07, 6.45) is -1.85. The predicted octanol–water partition coefficient (Wildman–Crippen LogP) is 1.66. The quantitative estimate of drug-likeness (QED) is 0.381. The molecule has 0 aliphatic carbocycles. The Hall–Kier alpha value is -3.57. The molecule has 3 amide bonds. The van der Waals surface area contributed by atoms with Gasteiger partial charge >= 0.3 is 5.92 Å². The van der Waals surface area contributed by atoms with E-state index < -0.39 is 29.7 Å². The van der Waals surface area contributed by atoms with Crippen LogP contribution in [0.3, 0.4) is 0 Å². The summed E-state index contributed by atoms with van der Waals surface area (Å²) in [6, 6.07) is 8.00. The summed E-state index contributed by atoms with van der Waals surface area (Å²) in [7, 11) is 2.60. The molecule has 2 atom stereocenters. The Labute approximate surface area is 200 Å². The summed E-state index contributed by atoms with van der Waals surface area (Å²) in [4.78, 5) is 37.8. The van der Waals surface area contributed by atoms with Gasteiger partial charge in [-0.3, -0.25) is 25.0 Å². The fourth-order valence-corrected chi connectivity index (χ4v) is 4.30. The van der Waals surface area contributed by atoms with Crippen LogP contribution in [-0.4, -0.2) is 54.2 Å². The number of methoxy groups -OCH3 is 2. The maximum atomic E-state index is 15.0. The van der Waals surface area contributed by atoms with E-state index in [1.165, 1.54) is 31.3 Å². The van der Waals surface area contributed by atoms with Crippen LogP contribution in [0.1, 0.15) is 39.9 Å². The third kappa shape index (κ3) is 4.69.